The van der Waals surface area contributed by atoms with E-state index in [9.17, 15) is 5.11 Å². The number of nitrogens with zero attached hydrogens (tertiary/aromatic N) is 1. The summed E-state index contributed by atoms with van der Waals surface area (Å²) in [6, 6.07) is 6.04. The molecule has 0 fully saturated rings. The average Bonchev–Trinajstić information content (AvgIpc) is 2.23. The van der Waals surface area contributed by atoms with Crippen molar-refractivity contribution in [2.75, 3.05) is 0 Å². The Morgan fingerprint density at radius 3 is 2.25 bits per heavy atom. The second-order valence-electron chi connectivity index (χ2n) is 4.18. The van der Waals surface area contributed by atoms with Gasteiger partial charge in [0.15, 0.2) is 0 Å². The molecule has 0 saturated carbocycles. The minimum absolute atomic E-state index is 0.204. The zero-order chi connectivity index (χ0) is 11.7. The van der Waals surface area contributed by atoms with Crippen LogP contribution in [-0.4, -0.2) is 10.1 Å². The van der Waals surface area contributed by atoms with Gasteiger partial charge >= 0.3 is 0 Å². The normalized spacial score (nSPS) is 10.4. The van der Waals surface area contributed by atoms with Gasteiger partial charge in [-0.15, -0.1) is 0 Å². The molecule has 82 valence electrons. The van der Waals surface area contributed by atoms with Crippen LogP contribution in [0, 0.1) is 20.8 Å². The Hall–Kier alpha value is -1.83. The third-order valence-corrected chi connectivity index (χ3v) is 2.88. The maximum atomic E-state index is 9.43. The molecule has 0 atom stereocenters. The molecule has 1 N–H and O–H groups in total. The predicted molar refractivity (Wildman–Crippen MR) is 65.5 cm³/mol. The van der Waals surface area contributed by atoms with Gasteiger partial charge < -0.3 is 5.11 Å². The highest BCUT2D eigenvalue weighted by atomic mass is 16.3. The molecule has 0 aliphatic rings. The standard InChI is InChI=1S/C14H15NO/c1-9-4-11(3)14(5-10(9)2)12-6-13(16)8-15-7-12/h4-8,16H,1-3H3. The molecule has 2 heteroatoms. The summed E-state index contributed by atoms with van der Waals surface area (Å²) in [6.07, 6.45) is 3.22. The van der Waals surface area contributed by atoms with Crippen LogP contribution in [0.15, 0.2) is 30.6 Å². The van der Waals surface area contributed by atoms with E-state index in [0.29, 0.717) is 0 Å². The van der Waals surface area contributed by atoms with Crippen LogP contribution in [0.5, 0.6) is 5.75 Å². The molecule has 0 spiro atoms. The summed E-state index contributed by atoms with van der Waals surface area (Å²) in [6.45, 7) is 6.27. The number of pyridine rings is 1. The molecule has 0 amide bonds. The number of aromatic hydroxyl groups is 1. The highest BCUT2D eigenvalue weighted by molar-refractivity contribution is 5.68. The zero-order valence-corrected chi connectivity index (χ0v) is 9.78. The van der Waals surface area contributed by atoms with Gasteiger partial charge in [0, 0.05) is 11.8 Å². The Morgan fingerprint density at radius 2 is 1.56 bits per heavy atom. The van der Waals surface area contributed by atoms with Gasteiger partial charge in [-0.3, -0.25) is 4.98 Å². The lowest BCUT2D eigenvalue weighted by atomic mass is 9.96. The molecule has 16 heavy (non-hydrogen) atoms. The second-order valence-corrected chi connectivity index (χ2v) is 4.18. The highest BCUT2D eigenvalue weighted by Gasteiger charge is 2.05. The summed E-state index contributed by atoms with van der Waals surface area (Å²) >= 11 is 0. The van der Waals surface area contributed by atoms with Crippen LogP contribution >= 0.6 is 0 Å². The van der Waals surface area contributed by atoms with Crippen LogP contribution in [0.1, 0.15) is 16.7 Å². The van der Waals surface area contributed by atoms with Crippen LogP contribution in [0.25, 0.3) is 11.1 Å². The van der Waals surface area contributed by atoms with Crippen molar-refractivity contribution in [2.45, 2.75) is 20.8 Å². The largest absolute Gasteiger partial charge is 0.506 e. The number of hydrogen-bond acceptors (Lipinski definition) is 2. The minimum atomic E-state index is 0.204. The molecule has 0 aliphatic carbocycles. The van der Waals surface area contributed by atoms with Gasteiger partial charge in [-0.2, -0.15) is 0 Å². The third kappa shape index (κ3) is 1.91. The minimum Gasteiger partial charge on any atom is -0.506 e. The first kappa shape index (κ1) is 10.7. The van der Waals surface area contributed by atoms with Crippen LogP contribution < -0.4 is 0 Å². The average molecular weight is 213 g/mol. The maximum absolute atomic E-state index is 9.43. The van der Waals surface area contributed by atoms with E-state index in [0.717, 1.165) is 11.1 Å². The van der Waals surface area contributed by atoms with Crippen molar-refractivity contribution in [3.05, 3.63) is 47.3 Å². The van der Waals surface area contributed by atoms with Gasteiger partial charge in [0.05, 0.1) is 6.20 Å². The summed E-state index contributed by atoms with van der Waals surface area (Å²) in [5, 5.41) is 9.43. The lowest BCUT2D eigenvalue weighted by Crippen LogP contribution is -1.89. The monoisotopic (exact) mass is 213 g/mol. The van der Waals surface area contributed by atoms with E-state index in [1.807, 2.05) is 0 Å². The van der Waals surface area contributed by atoms with E-state index in [1.54, 1.807) is 12.3 Å². The van der Waals surface area contributed by atoms with Gasteiger partial charge in [-0.25, -0.2) is 0 Å². The molecule has 0 radical (unpaired) electrons. The molecule has 2 nitrogen and oxygen atoms in total. The van der Waals surface area contributed by atoms with E-state index in [2.05, 4.69) is 37.9 Å². The Morgan fingerprint density at radius 1 is 0.875 bits per heavy atom. The number of hydrogen-bond donors (Lipinski definition) is 1. The first-order valence-electron chi connectivity index (χ1n) is 5.30. The van der Waals surface area contributed by atoms with E-state index < -0.39 is 0 Å². The first-order chi connectivity index (χ1) is 7.58. The molecule has 0 aliphatic heterocycles. The van der Waals surface area contributed by atoms with Gasteiger partial charge in [0.1, 0.15) is 5.75 Å². The lowest BCUT2D eigenvalue weighted by Gasteiger charge is -2.09. The molecule has 0 saturated heterocycles. The SMILES string of the molecule is Cc1cc(C)c(-c2cncc(O)c2)cc1C. The van der Waals surface area contributed by atoms with Crippen molar-refractivity contribution >= 4 is 0 Å². The molecular formula is C14H15NO. The van der Waals surface area contributed by atoms with E-state index >= 15 is 0 Å². The van der Waals surface area contributed by atoms with E-state index in [4.69, 9.17) is 0 Å². The second kappa shape index (κ2) is 3.97. The molecule has 2 aromatic rings. The third-order valence-electron chi connectivity index (χ3n) is 2.88. The van der Waals surface area contributed by atoms with Crippen molar-refractivity contribution < 1.29 is 5.11 Å². The summed E-state index contributed by atoms with van der Waals surface area (Å²) in [5.41, 5.74) is 5.83. The Kier molecular flexibility index (Phi) is 2.65. The van der Waals surface area contributed by atoms with Crippen molar-refractivity contribution in [3.8, 4) is 16.9 Å². The van der Waals surface area contributed by atoms with Gasteiger partial charge in [0.25, 0.3) is 0 Å². The molecule has 1 aromatic carbocycles. The molecule has 1 aromatic heterocycles. The van der Waals surface area contributed by atoms with Gasteiger partial charge in [-0.05, 0) is 49.1 Å². The quantitative estimate of drug-likeness (QED) is 0.787. The van der Waals surface area contributed by atoms with Crippen molar-refractivity contribution in [3.63, 3.8) is 0 Å². The fraction of sp³-hybridized carbons (Fsp3) is 0.214. The summed E-state index contributed by atoms with van der Waals surface area (Å²) < 4.78 is 0. The Labute approximate surface area is 95.6 Å². The number of aryl methyl sites for hydroxylation is 3. The maximum Gasteiger partial charge on any atom is 0.134 e. The summed E-state index contributed by atoms with van der Waals surface area (Å²) in [4.78, 5) is 4.00. The van der Waals surface area contributed by atoms with Crippen molar-refractivity contribution in [2.24, 2.45) is 0 Å². The fourth-order valence-corrected chi connectivity index (χ4v) is 1.85. The van der Waals surface area contributed by atoms with Crippen molar-refractivity contribution in [1.29, 1.82) is 0 Å². The number of benzene rings is 1. The van der Waals surface area contributed by atoms with E-state index in [1.165, 1.54) is 22.9 Å². The lowest BCUT2D eigenvalue weighted by molar-refractivity contribution is 0.473. The molecule has 0 bridgehead atoms. The molecule has 2 rings (SSSR count). The molecule has 1 heterocycles. The topological polar surface area (TPSA) is 33.1 Å². The van der Waals surface area contributed by atoms with Crippen LogP contribution in [0.4, 0.5) is 0 Å². The van der Waals surface area contributed by atoms with Crippen LogP contribution in [0.2, 0.25) is 0 Å². The van der Waals surface area contributed by atoms with Crippen LogP contribution in [0.3, 0.4) is 0 Å². The zero-order valence-electron chi connectivity index (χ0n) is 9.78. The Bertz CT molecular complexity index is 532. The summed E-state index contributed by atoms with van der Waals surface area (Å²) in [7, 11) is 0. The van der Waals surface area contributed by atoms with Crippen LogP contribution in [-0.2, 0) is 0 Å². The molecular weight excluding hydrogens is 198 g/mol. The predicted octanol–water partition coefficient (Wildman–Crippen LogP) is 3.38. The van der Waals surface area contributed by atoms with E-state index in [-0.39, 0.29) is 5.75 Å². The highest BCUT2D eigenvalue weighted by Crippen LogP contribution is 2.27. The molecule has 0 unspecified atom stereocenters. The smallest absolute Gasteiger partial charge is 0.134 e. The van der Waals surface area contributed by atoms with Gasteiger partial charge in [-0.1, -0.05) is 12.1 Å². The number of rotatable bonds is 1. The van der Waals surface area contributed by atoms with Gasteiger partial charge in [0.2, 0.25) is 0 Å². The number of aromatic nitrogens is 1. The first-order valence-corrected chi connectivity index (χ1v) is 5.30. The fourth-order valence-electron chi connectivity index (χ4n) is 1.85. The Balaban J connectivity index is 2.60. The summed E-state index contributed by atoms with van der Waals surface area (Å²) in [5.74, 6) is 0.204. The van der Waals surface area contributed by atoms with Crippen molar-refractivity contribution in [1.82, 2.24) is 4.98 Å².